The van der Waals surface area contributed by atoms with Crippen LogP contribution in [0.2, 0.25) is 0 Å². The molecule has 2 saturated heterocycles. The van der Waals surface area contributed by atoms with Crippen LogP contribution in [0.15, 0.2) is 48.6 Å². The van der Waals surface area contributed by atoms with Gasteiger partial charge in [-0.05, 0) is 37.1 Å². The van der Waals surface area contributed by atoms with E-state index < -0.39 is 29.6 Å². The predicted molar refractivity (Wildman–Crippen MR) is 137 cm³/mol. The third kappa shape index (κ3) is 4.24. The third-order valence-electron chi connectivity index (χ3n) is 8.05. The van der Waals surface area contributed by atoms with E-state index in [1.165, 1.54) is 0 Å². The molecular formula is C28H35N3O6. The highest BCUT2D eigenvalue weighted by atomic mass is 16.5. The summed E-state index contributed by atoms with van der Waals surface area (Å²) in [5, 5.41) is 9.11. The number of nitrogens with zero attached hydrogens (tertiary/aromatic N) is 3. The van der Waals surface area contributed by atoms with Crippen LogP contribution < -0.4 is 9.64 Å². The van der Waals surface area contributed by atoms with Gasteiger partial charge in [-0.15, -0.1) is 0 Å². The van der Waals surface area contributed by atoms with E-state index in [4.69, 9.17) is 14.6 Å². The zero-order valence-electron chi connectivity index (χ0n) is 21.4. The average molecular weight is 510 g/mol. The molecule has 3 amide bonds. The van der Waals surface area contributed by atoms with Crippen LogP contribution in [0.4, 0.5) is 5.69 Å². The van der Waals surface area contributed by atoms with Gasteiger partial charge in [0.1, 0.15) is 17.4 Å². The van der Waals surface area contributed by atoms with Crippen molar-refractivity contribution >= 4 is 23.4 Å². The minimum atomic E-state index is -1.21. The summed E-state index contributed by atoms with van der Waals surface area (Å²) in [6.45, 7) is 1.32. The van der Waals surface area contributed by atoms with E-state index in [0.717, 1.165) is 12.8 Å². The summed E-state index contributed by atoms with van der Waals surface area (Å²) in [7, 11) is 3.32. The fraction of sp³-hybridized carbons (Fsp3) is 0.536. The number of benzene rings is 1. The number of fused-ring (bicyclic) bond motifs is 2. The second kappa shape index (κ2) is 10.3. The Morgan fingerprint density at radius 1 is 1.00 bits per heavy atom. The van der Waals surface area contributed by atoms with E-state index in [1.54, 1.807) is 41.0 Å². The number of amides is 3. The fourth-order valence-electron chi connectivity index (χ4n) is 6.24. The van der Waals surface area contributed by atoms with E-state index in [9.17, 15) is 14.4 Å². The van der Waals surface area contributed by atoms with Crippen LogP contribution in [0.1, 0.15) is 25.7 Å². The Labute approximate surface area is 217 Å². The zero-order valence-corrected chi connectivity index (χ0v) is 21.4. The molecule has 0 aliphatic carbocycles. The first kappa shape index (κ1) is 25.5. The van der Waals surface area contributed by atoms with E-state index in [1.807, 2.05) is 36.4 Å². The summed E-state index contributed by atoms with van der Waals surface area (Å²) in [5.74, 6) is -1.32. The molecule has 0 saturated carbocycles. The van der Waals surface area contributed by atoms with Gasteiger partial charge in [0.2, 0.25) is 11.8 Å². The second-order valence-electron chi connectivity index (χ2n) is 10.2. The number of anilines is 1. The average Bonchev–Trinajstić information content (AvgIpc) is 3.22. The van der Waals surface area contributed by atoms with Gasteiger partial charge < -0.3 is 29.3 Å². The number of hydrogen-bond acceptors (Lipinski definition) is 6. The van der Waals surface area contributed by atoms with Crippen LogP contribution in [-0.2, 0) is 19.1 Å². The lowest BCUT2D eigenvalue weighted by atomic mass is 9.77. The minimum absolute atomic E-state index is 0.133. The van der Waals surface area contributed by atoms with Gasteiger partial charge in [-0.25, -0.2) is 0 Å². The molecule has 1 spiro atoms. The van der Waals surface area contributed by atoms with Crippen LogP contribution in [-0.4, -0.2) is 90.8 Å². The van der Waals surface area contributed by atoms with Gasteiger partial charge in [-0.3, -0.25) is 14.4 Å². The first-order valence-corrected chi connectivity index (χ1v) is 13.1. The first-order chi connectivity index (χ1) is 17.9. The number of unbranched alkanes of at least 4 members (excludes halogenated alkanes) is 3. The molecule has 4 aliphatic heterocycles. The summed E-state index contributed by atoms with van der Waals surface area (Å²) < 4.78 is 11.9. The number of aliphatic hydroxyl groups excluding tert-OH is 1. The molecule has 4 heterocycles. The molecule has 4 aliphatic rings. The minimum Gasteiger partial charge on any atom is -0.497 e. The molecule has 5 atom stereocenters. The smallest absolute Gasteiger partial charge is 0.253 e. The lowest BCUT2D eigenvalue weighted by Gasteiger charge is -2.35. The lowest BCUT2D eigenvalue weighted by molar-refractivity contribution is -0.143. The summed E-state index contributed by atoms with van der Waals surface area (Å²) in [6, 6.07) is 6.39. The maximum atomic E-state index is 14.3. The second-order valence-corrected chi connectivity index (χ2v) is 10.2. The van der Waals surface area contributed by atoms with Crippen molar-refractivity contribution in [1.82, 2.24) is 9.80 Å². The van der Waals surface area contributed by atoms with Crippen LogP contribution in [0.5, 0.6) is 5.75 Å². The lowest BCUT2D eigenvalue weighted by Crippen LogP contribution is -2.55. The molecule has 1 unspecified atom stereocenters. The van der Waals surface area contributed by atoms with Gasteiger partial charge >= 0.3 is 0 Å². The van der Waals surface area contributed by atoms with Gasteiger partial charge in [-0.2, -0.15) is 0 Å². The molecule has 1 aromatic carbocycles. The molecule has 9 heteroatoms. The number of likely N-dealkylation sites (N-methyl/N-ethyl adjacent to an activating group) is 1. The zero-order chi connectivity index (χ0) is 26.2. The molecular weight excluding hydrogens is 474 g/mol. The van der Waals surface area contributed by atoms with Crippen molar-refractivity contribution < 1.29 is 29.0 Å². The molecule has 1 aromatic rings. The number of ether oxygens (including phenoxy) is 2. The number of carbonyl (C=O) groups excluding carboxylic acids is 3. The molecule has 2 fully saturated rings. The van der Waals surface area contributed by atoms with Crippen LogP contribution in [0.3, 0.4) is 0 Å². The highest BCUT2D eigenvalue weighted by molar-refractivity contribution is 6.05. The molecule has 5 rings (SSSR count). The molecule has 0 radical (unpaired) electrons. The van der Waals surface area contributed by atoms with Crippen molar-refractivity contribution in [3.05, 3.63) is 48.6 Å². The number of carbonyl (C=O) groups is 3. The maximum Gasteiger partial charge on any atom is 0.253 e. The summed E-state index contributed by atoms with van der Waals surface area (Å²) in [4.78, 5) is 46.7. The SMILES string of the molecule is COc1ccc(N2CC=C[C@]34O[C@@H]5C=CCN(C)C(=O)[C@@H]5[C@H]3C(=O)N(CCCCCCO)C4C2=O)cc1. The topological polar surface area (TPSA) is 99.6 Å². The number of aliphatic hydroxyl groups is 1. The fourth-order valence-corrected chi connectivity index (χ4v) is 6.24. The molecule has 0 bridgehead atoms. The van der Waals surface area contributed by atoms with E-state index >= 15 is 0 Å². The number of methoxy groups -OCH3 is 1. The summed E-state index contributed by atoms with van der Waals surface area (Å²) in [6.07, 6.45) is 10.0. The van der Waals surface area contributed by atoms with E-state index in [-0.39, 0.29) is 24.3 Å². The van der Waals surface area contributed by atoms with Crippen molar-refractivity contribution in [2.24, 2.45) is 11.8 Å². The highest BCUT2D eigenvalue weighted by Crippen LogP contribution is 2.53. The maximum absolute atomic E-state index is 14.3. The number of likely N-dealkylation sites (tertiary alicyclic amines) is 1. The predicted octanol–water partition coefficient (Wildman–Crippen LogP) is 1.76. The van der Waals surface area contributed by atoms with Gasteiger partial charge in [0.15, 0.2) is 0 Å². The number of rotatable bonds is 8. The first-order valence-electron chi connectivity index (χ1n) is 13.1. The highest BCUT2D eigenvalue weighted by Gasteiger charge is 2.71. The molecule has 1 N–H and O–H groups in total. The van der Waals surface area contributed by atoms with Crippen molar-refractivity contribution in [2.75, 3.05) is 45.3 Å². The molecule has 9 nitrogen and oxygen atoms in total. The van der Waals surface area contributed by atoms with Crippen LogP contribution in [0.25, 0.3) is 0 Å². The van der Waals surface area contributed by atoms with Crippen LogP contribution >= 0.6 is 0 Å². The molecule has 198 valence electrons. The van der Waals surface area contributed by atoms with Gasteiger partial charge in [0, 0.05) is 39.0 Å². The molecule has 0 aromatic heterocycles. The Balaban J connectivity index is 1.52. The summed E-state index contributed by atoms with van der Waals surface area (Å²) >= 11 is 0. The van der Waals surface area contributed by atoms with Gasteiger partial charge in [-0.1, -0.05) is 37.1 Å². The molecule has 37 heavy (non-hydrogen) atoms. The quantitative estimate of drug-likeness (QED) is 0.424. The van der Waals surface area contributed by atoms with E-state index in [0.29, 0.717) is 43.9 Å². The monoisotopic (exact) mass is 509 g/mol. The Hall–Kier alpha value is -3.17. The van der Waals surface area contributed by atoms with Crippen molar-refractivity contribution in [3.63, 3.8) is 0 Å². The Morgan fingerprint density at radius 2 is 1.76 bits per heavy atom. The Morgan fingerprint density at radius 3 is 2.49 bits per heavy atom. The van der Waals surface area contributed by atoms with Crippen molar-refractivity contribution in [2.45, 2.75) is 43.4 Å². The van der Waals surface area contributed by atoms with Crippen LogP contribution in [0, 0.1) is 11.8 Å². The third-order valence-corrected chi connectivity index (χ3v) is 8.05. The van der Waals surface area contributed by atoms with Crippen molar-refractivity contribution in [3.8, 4) is 5.75 Å². The van der Waals surface area contributed by atoms with Gasteiger partial charge in [0.05, 0.1) is 25.0 Å². The van der Waals surface area contributed by atoms with Gasteiger partial charge in [0.25, 0.3) is 5.91 Å². The largest absolute Gasteiger partial charge is 0.497 e. The normalized spacial score (nSPS) is 30.8. The Bertz CT molecular complexity index is 1100. The Kier molecular flexibility index (Phi) is 7.09. The summed E-state index contributed by atoms with van der Waals surface area (Å²) in [5.41, 5.74) is -0.511. The van der Waals surface area contributed by atoms with Crippen molar-refractivity contribution in [1.29, 1.82) is 0 Å². The van der Waals surface area contributed by atoms with E-state index in [2.05, 4.69) is 0 Å². The standard InChI is InChI=1S/C28H35N3O6/c1-29-15-7-9-21-22(25(29)33)23-26(34)31(16-5-3-4-6-18-32)24-27(35)30(17-8-14-28(23,24)37-21)19-10-12-20(36-2)13-11-19/h7-14,21-24,32H,3-6,15-18H2,1-2H3/t21-,22+,23+,24?,28+/m1/s1. The number of hydrogen-bond donors (Lipinski definition) is 1.